The van der Waals surface area contributed by atoms with Crippen LogP contribution in [0.5, 0.6) is 0 Å². The van der Waals surface area contributed by atoms with Crippen molar-refractivity contribution in [3.63, 3.8) is 0 Å². The molecule has 0 aliphatic rings. The second-order valence-electron chi connectivity index (χ2n) is 4.99. The molecule has 0 aromatic carbocycles. The zero-order valence-corrected chi connectivity index (χ0v) is 13.8. The predicted molar refractivity (Wildman–Crippen MR) is 91.3 cm³/mol. The fourth-order valence-corrected chi connectivity index (χ4v) is 2.94. The molecule has 0 aliphatic heterocycles. The molecule has 2 heteroatoms. The number of allylic oxidation sites excluding steroid dienone is 6. The lowest BCUT2D eigenvalue weighted by Gasteiger charge is -1.95. The van der Waals surface area contributed by atoms with E-state index in [1.807, 2.05) is 30.4 Å². The SMILES string of the molecule is CC(C=Cc1c(C)sc(C)c1C)=CC=CC(C)=CCO. The highest BCUT2D eigenvalue weighted by Crippen LogP contribution is 2.27. The van der Waals surface area contributed by atoms with E-state index in [4.69, 9.17) is 5.11 Å². The average molecular weight is 288 g/mol. The van der Waals surface area contributed by atoms with Crippen LogP contribution in [0.15, 0.2) is 41.5 Å². The molecule has 0 aliphatic carbocycles. The molecule has 108 valence electrons. The highest BCUT2D eigenvalue weighted by atomic mass is 32.1. The van der Waals surface area contributed by atoms with Gasteiger partial charge in [0, 0.05) is 9.75 Å². The lowest BCUT2D eigenvalue weighted by Crippen LogP contribution is -1.78. The molecule has 20 heavy (non-hydrogen) atoms. The fourth-order valence-electron chi connectivity index (χ4n) is 1.89. The van der Waals surface area contributed by atoms with E-state index in [0.717, 1.165) is 5.57 Å². The summed E-state index contributed by atoms with van der Waals surface area (Å²) in [5, 5.41) is 8.77. The van der Waals surface area contributed by atoms with Crippen LogP contribution in [0.3, 0.4) is 0 Å². The number of aliphatic hydroxyl groups is 1. The van der Waals surface area contributed by atoms with Crippen LogP contribution in [0.25, 0.3) is 6.08 Å². The zero-order chi connectivity index (χ0) is 15.1. The minimum absolute atomic E-state index is 0.0921. The molecule has 0 saturated carbocycles. The standard InChI is InChI=1S/C18H24OS/c1-13(7-6-8-14(2)11-12-19)9-10-18-15(3)16(4)20-17(18)5/h6-11,19H,12H2,1-5H3. The van der Waals surface area contributed by atoms with Crippen LogP contribution in [-0.2, 0) is 0 Å². The molecule has 1 rings (SSSR count). The van der Waals surface area contributed by atoms with Crippen LogP contribution in [0.4, 0.5) is 0 Å². The summed E-state index contributed by atoms with van der Waals surface area (Å²) in [6.07, 6.45) is 12.2. The van der Waals surface area contributed by atoms with Crippen molar-refractivity contribution in [1.29, 1.82) is 0 Å². The Labute approximate surface area is 126 Å². The van der Waals surface area contributed by atoms with Gasteiger partial charge in [0.1, 0.15) is 0 Å². The minimum Gasteiger partial charge on any atom is -0.392 e. The Morgan fingerprint density at radius 1 is 1.05 bits per heavy atom. The molecular formula is C18H24OS. The third-order valence-electron chi connectivity index (χ3n) is 3.26. The first-order valence-corrected chi connectivity index (χ1v) is 7.64. The Morgan fingerprint density at radius 2 is 1.75 bits per heavy atom. The first-order valence-electron chi connectivity index (χ1n) is 6.83. The Kier molecular flexibility index (Phi) is 6.69. The molecule has 0 fully saturated rings. The molecule has 1 nitrogen and oxygen atoms in total. The second-order valence-corrected chi connectivity index (χ2v) is 6.42. The van der Waals surface area contributed by atoms with Crippen molar-refractivity contribution in [2.75, 3.05) is 6.61 Å². The van der Waals surface area contributed by atoms with Gasteiger partial charge in [-0.05, 0) is 45.7 Å². The van der Waals surface area contributed by atoms with Gasteiger partial charge in [-0.3, -0.25) is 0 Å². The van der Waals surface area contributed by atoms with Crippen LogP contribution in [-0.4, -0.2) is 11.7 Å². The van der Waals surface area contributed by atoms with Gasteiger partial charge < -0.3 is 5.11 Å². The van der Waals surface area contributed by atoms with E-state index in [2.05, 4.69) is 45.9 Å². The number of rotatable bonds is 5. The summed E-state index contributed by atoms with van der Waals surface area (Å²) >= 11 is 1.86. The van der Waals surface area contributed by atoms with E-state index in [1.54, 1.807) is 6.08 Å². The van der Waals surface area contributed by atoms with Crippen LogP contribution in [0.2, 0.25) is 0 Å². The predicted octanol–water partition coefficient (Wildman–Crippen LogP) is 5.13. The number of thiophene rings is 1. The van der Waals surface area contributed by atoms with E-state index in [1.165, 1.54) is 26.5 Å². The summed E-state index contributed by atoms with van der Waals surface area (Å²) in [4.78, 5) is 2.77. The number of hydrogen-bond donors (Lipinski definition) is 1. The van der Waals surface area contributed by atoms with Gasteiger partial charge in [0.05, 0.1) is 6.61 Å². The van der Waals surface area contributed by atoms with Crippen molar-refractivity contribution < 1.29 is 5.11 Å². The quantitative estimate of drug-likeness (QED) is 0.745. The van der Waals surface area contributed by atoms with Crippen molar-refractivity contribution in [3.05, 3.63) is 62.4 Å². The van der Waals surface area contributed by atoms with Gasteiger partial charge in [-0.25, -0.2) is 0 Å². The lowest BCUT2D eigenvalue weighted by atomic mass is 10.1. The molecule has 0 atom stereocenters. The number of aliphatic hydroxyl groups excluding tert-OH is 1. The molecule has 1 heterocycles. The molecule has 1 aromatic heterocycles. The third kappa shape index (κ3) is 4.95. The molecule has 0 saturated heterocycles. The lowest BCUT2D eigenvalue weighted by molar-refractivity contribution is 0.342. The summed E-state index contributed by atoms with van der Waals surface area (Å²) < 4.78 is 0. The van der Waals surface area contributed by atoms with Crippen LogP contribution >= 0.6 is 11.3 Å². The van der Waals surface area contributed by atoms with Crippen molar-refractivity contribution in [1.82, 2.24) is 0 Å². The van der Waals surface area contributed by atoms with Crippen LogP contribution in [0, 0.1) is 20.8 Å². The molecule has 0 radical (unpaired) electrons. The monoisotopic (exact) mass is 288 g/mol. The Morgan fingerprint density at radius 3 is 2.30 bits per heavy atom. The molecule has 0 amide bonds. The summed E-state index contributed by atoms with van der Waals surface area (Å²) in [6.45, 7) is 10.7. The molecule has 0 bridgehead atoms. The fraction of sp³-hybridized carbons (Fsp3) is 0.333. The molecular weight excluding hydrogens is 264 g/mol. The van der Waals surface area contributed by atoms with Gasteiger partial charge in [-0.2, -0.15) is 0 Å². The average Bonchev–Trinajstić information content (AvgIpc) is 2.61. The van der Waals surface area contributed by atoms with Crippen molar-refractivity contribution in [2.45, 2.75) is 34.6 Å². The summed E-state index contributed by atoms with van der Waals surface area (Å²) in [5.41, 5.74) is 5.01. The Hall–Kier alpha value is -1.38. The van der Waals surface area contributed by atoms with Gasteiger partial charge in [0.15, 0.2) is 0 Å². The third-order valence-corrected chi connectivity index (χ3v) is 4.40. The van der Waals surface area contributed by atoms with Crippen molar-refractivity contribution >= 4 is 17.4 Å². The maximum atomic E-state index is 8.77. The number of aryl methyl sites for hydroxylation is 2. The van der Waals surface area contributed by atoms with Crippen molar-refractivity contribution in [2.24, 2.45) is 0 Å². The summed E-state index contributed by atoms with van der Waals surface area (Å²) in [6, 6.07) is 0. The minimum atomic E-state index is 0.0921. The van der Waals surface area contributed by atoms with Crippen molar-refractivity contribution in [3.8, 4) is 0 Å². The maximum Gasteiger partial charge on any atom is 0.0617 e. The van der Waals surface area contributed by atoms with E-state index >= 15 is 0 Å². The van der Waals surface area contributed by atoms with E-state index in [-0.39, 0.29) is 6.61 Å². The summed E-state index contributed by atoms with van der Waals surface area (Å²) in [5.74, 6) is 0. The Balaban J connectivity index is 2.77. The Bertz CT molecular complexity index is 568. The van der Waals surface area contributed by atoms with Gasteiger partial charge in [-0.1, -0.05) is 47.6 Å². The van der Waals surface area contributed by atoms with E-state index < -0.39 is 0 Å². The van der Waals surface area contributed by atoms with Gasteiger partial charge in [0.25, 0.3) is 0 Å². The zero-order valence-electron chi connectivity index (χ0n) is 13.0. The second kappa shape index (κ2) is 8.03. The molecule has 0 unspecified atom stereocenters. The van der Waals surface area contributed by atoms with Crippen LogP contribution in [0.1, 0.15) is 34.7 Å². The number of hydrogen-bond acceptors (Lipinski definition) is 2. The molecule has 0 spiro atoms. The highest BCUT2D eigenvalue weighted by Gasteiger charge is 2.05. The van der Waals surface area contributed by atoms with Gasteiger partial charge >= 0.3 is 0 Å². The first kappa shape index (κ1) is 16.7. The van der Waals surface area contributed by atoms with E-state index in [0.29, 0.717) is 0 Å². The van der Waals surface area contributed by atoms with Crippen LogP contribution < -0.4 is 0 Å². The normalized spacial score (nSPS) is 13.9. The van der Waals surface area contributed by atoms with E-state index in [9.17, 15) is 0 Å². The smallest absolute Gasteiger partial charge is 0.0617 e. The molecule has 1 aromatic rings. The largest absolute Gasteiger partial charge is 0.392 e. The topological polar surface area (TPSA) is 20.2 Å². The molecule has 1 N–H and O–H groups in total. The van der Waals surface area contributed by atoms with Gasteiger partial charge in [-0.15, -0.1) is 11.3 Å². The summed E-state index contributed by atoms with van der Waals surface area (Å²) in [7, 11) is 0. The highest BCUT2D eigenvalue weighted by molar-refractivity contribution is 7.12. The maximum absolute atomic E-state index is 8.77. The van der Waals surface area contributed by atoms with Gasteiger partial charge in [0.2, 0.25) is 0 Å². The first-order chi connectivity index (χ1) is 9.45.